The third kappa shape index (κ3) is 4.09. The molecule has 3 aromatic rings. The number of halogens is 1. The molecule has 3 aromatic carbocycles. The Bertz CT molecular complexity index is 875. The third-order valence-corrected chi connectivity index (χ3v) is 5.12. The summed E-state index contributed by atoms with van der Waals surface area (Å²) in [4.78, 5) is 0. The van der Waals surface area contributed by atoms with Crippen LogP contribution < -0.4 is 10.1 Å². The number of aryl methyl sites for hydroxylation is 1. The number of nitrogens with one attached hydrogen (secondary N) is 1. The van der Waals surface area contributed by atoms with Gasteiger partial charge in [0.1, 0.15) is 11.5 Å². The van der Waals surface area contributed by atoms with Gasteiger partial charge in [-0.25, -0.2) is 0 Å². The van der Waals surface area contributed by atoms with Crippen LogP contribution in [-0.4, -0.2) is 0 Å². The predicted molar refractivity (Wildman–Crippen MR) is 107 cm³/mol. The van der Waals surface area contributed by atoms with Gasteiger partial charge >= 0.3 is 0 Å². The summed E-state index contributed by atoms with van der Waals surface area (Å²) in [7, 11) is 0. The first-order valence-electron chi connectivity index (χ1n) is 9.11. The molecule has 0 amide bonds. The Labute approximate surface area is 159 Å². The van der Waals surface area contributed by atoms with E-state index in [-0.39, 0.29) is 0 Å². The second-order valence-corrected chi connectivity index (χ2v) is 7.16. The molecule has 0 fully saturated rings. The number of hydrogen-bond acceptors (Lipinski definition) is 2. The van der Waals surface area contributed by atoms with E-state index in [0.29, 0.717) is 11.1 Å². The molecule has 1 aliphatic carbocycles. The number of ether oxygens (including phenoxy) is 1. The molecule has 2 nitrogen and oxygen atoms in total. The van der Waals surface area contributed by atoms with Gasteiger partial charge in [0.15, 0.2) is 0 Å². The number of benzene rings is 3. The van der Waals surface area contributed by atoms with Crippen molar-refractivity contribution in [3.05, 3.63) is 94.5 Å². The van der Waals surface area contributed by atoms with Crippen LogP contribution in [0, 0.1) is 0 Å². The highest BCUT2D eigenvalue weighted by molar-refractivity contribution is 6.30. The molecule has 0 spiro atoms. The standard InChI is InChI=1S/C23H22ClNO/c24-19-11-13-20(14-12-19)26-21-8-3-5-17(15-21)16-25-23-10-4-7-18-6-1-2-9-22(18)23/h1-3,5-6,8-9,11-15,23,25H,4,7,10,16H2/t23-/m0/s1. The molecule has 0 aliphatic heterocycles. The molecule has 1 atom stereocenters. The zero-order valence-electron chi connectivity index (χ0n) is 14.6. The molecule has 26 heavy (non-hydrogen) atoms. The number of rotatable bonds is 5. The Morgan fingerprint density at radius 2 is 1.77 bits per heavy atom. The minimum atomic E-state index is 0.431. The predicted octanol–water partition coefficient (Wildman–Crippen LogP) is 6.30. The Hall–Kier alpha value is -2.29. The van der Waals surface area contributed by atoms with E-state index in [1.807, 2.05) is 36.4 Å². The van der Waals surface area contributed by atoms with E-state index in [1.165, 1.54) is 36.0 Å². The van der Waals surface area contributed by atoms with Crippen molar-refractivity contribution in [2.24, 2.45) is 0 Å². The summed E-state index contributed by atoms with van der Waals surface area (Å²) in [5, 5.41) is 4.43. The highest BCUT2D eigenvalue weighted by Gasteiger charge is 2.18. The summed E-state index contributed by atoms with van der Waals surface area (Å²) >= 11 is 5.93. The average Bonchev–Trinajstić information content (AvgIpc) is 2.68. The summed E-state index contributed by atoms with van der Waals surface area (Å²) in [6.07, 6.45) is 3.63. The van der Waals surface area contributed by atoms with Crippen LogP contribution in [0.15, 0.2) is 72.8 Å². The van der Waals surface area contributed by atoms with E-state index in [4.69, 9.17) is 16.3 Å². The summed E-state index contributed by atoms with van der Waals surface area (Å²) < 4.78 is 5.94. The van der Waals surface area contributed by atoms with E-state index < -0.39 is 0 Å². The van der Waals surface area contributed by atoms with Crippen LogP contribution in [0.2, 0.25) is 5.02 Å². The molecule has 3 heteroatoms. The molecule has 0 unspecified atom stereocenters. The molecule has 0 heterocycles. The zero-order chi connectivity index (χ0) is 17.8. The van der Waals surface area contributed by atoms with Gasteiger partial charge in [0.05, 0.1) is 0 Å². The van der Waals surface area contributed by atoms with Crippen LogP contribution in [0.5, 0.6) is 11.5 Å². The highest BCUT2D eigenvalue weighted by Crippen LogP contribution is 2.30. The molecule has 132 valence electrons. The molecule has 4 rings (SSSR count). The Morgan fingerprint density at radius 3 is 2.65 bits per heavy atom. The second-order valence-electron chi connectivity index (χ2n) is 6.73. The summed E-state index contributed by atoms with van der Waals surface area (Å²) in [6, 6.07) is 24.9. The monoisotopic (exact) mass is 363 g/mol. The van der Waals surface area contributed by atoms with Crippen molar-refractivity contribution in [3.63, 3.8) is 0 Å². The minimum Gasteiger partial charge on any atom is -0.457 e. The van der Waals surface area contributed by atoms with E-state index in [2.05, 4.69) is 41.7 Å². The minimum absolute atomic E-state index is 0.431. The summed E-state index contributed by atoms with van der Waals surface area (Å²) in [5.74, 6) is 1.64. The molecule has 0 bridgehead atoms. The normalized spacial score (nSPS) is 16.1. The molecule has 1 N–H and O–H groups in total. The fourth-order valence-electron chi connectivity index (χ4n) is 3.56. The lowest BCUT2D eigenvalue weighted by molar-refractivity contribution is 0.456. The first kappa shape index (κ1) is 17.1. The van der Waals surface area contributed by atoms with Gasteiger partial charge in [-0.2, -0.15) is 0 Å². The second kappa shape index (κ2) is 7.94. The van der Waals surface area contributed by atoms with Gasteiger partial charge in [-0.15, -0.1) is 0 Å². The largest absolute Gasteiger partial charge is 0.457 e. The topological polar surface area (TPSA) is 21.3 Å². The Morgan fingerprint density at radius 1 is 0.923 bits per heavy atom. The maximum absolute atomic E-state index is 5.94. The van der Waals surface area contributed by atoms with Crippen molar-refractivity contribution in [1.82, 2.24) is 5.32 Å². The molecule has 0 aromatic heterocycles. The van der Waals surface area contributed by atoms with Crippen molar-refractivity contribution in [2.75, 3.05) is 0 Å². The maximum atomic E-state index is 5.94. The van der Waals surface area contributed by atoms with Gasteiger partial charge in [0.25, 0.3) is 0 Å². The Kier molecular flexibility index (Phi) is 5.24. The van der Waals surface area contributed by atoms with Crippen LogP contribution in [0.1, 0.15) is 35.6 Å². The molecule has 1 aliphatic rings. The lowest BCUT2D eigenvalue weighted by atomic mass is 9.87. The van der Waals surface area contributed by atoms with E-state index in [0.717, 1.165) is 18.0 Å². The molecular weight excluding hydrogens is 342 g/mol. The fraction of sp³-hybridized carbons (Fsp3) is 0.217. The summed E-state index contributed by atoms with van der Waals surface area (Å²) in [5.41, 5.74) is 4.16. The van der Waals surface area contributed by atoms with Crippen molar-refractivity contribution in [1.29, 1.82) is 0 Å². The van der Waals surface area contributed by atoms with Crippen LogP contribution in [-0.2, 0) is 13.0 Å². The van der Waals surface area contributed by atoms with Gasteiger partial charge in [-0.1, -0.05) is 48.0 Å². The molecule has 0 radical (unpaired) electrons. The molecular formula is C23H22ClNO. The highest BCUT2D eigenvalue weighted by atomic mass is 35.5. The quantitative estimate of drug-likeness (QED) is 0.574. The Balaban J connectivity index is 1.42. The van der Waals surface area contributed by atoms with Crippen LogP contribution in [0.4, 0.5) is 0 Å². The van der Waals surface area contributed by atoms with E-state index >= 15 is 0 Å². The first-order chi connectivity index (χ1) is 12.8. The van der Waals surface area contributed by atoms with Crippen molar-refractivity contribution < 1.29 is 4.74 Å². The van der Waals surface area contributed by atoms with E-state index in [1.54, 1.807) is 0 Å². The van der Waals surface area contributed by atoms with Crippen LogP contribution in [0.25, 0.3) is 0 Å². The number of hydrogen-bond donors (Lipinski definition) is 1. The first-order valence-corrected chi connectivity index (χ1v) is 9.49. The van der Waals surface area contributed by atoms with E-state index in [9.17, 15) is 0 Å². The van der Waals surface area contributed by atoms with Crippen molar-refractivity contribution in [2.45, 2.75) is 31.8 Å². The summed E-state index contributed by atoms with van der Waals surface area (Å²) in [6.45, 7) is 0.830. The van der Waals surface area contributed by atoms with Gasteiger partial charge in [0, 0.05) is 17.6 Å². The zero-order valence-corrected chi connectivity index (χ0v) is 15.4. The fourth-order valence-corrected chi connectivity index (χ4v) is 3.69. The molecule has 0 saturated carbocycles. The van der Waals surface area contributed by atoms with Crippen LogP contribution >= 0.6 is 11.6 Å². The lowest BCUT2D eigenvalue weighted by Crippen LogP contribution is -2.24. The SMILES string of the molecule is Clc1ccc(Oc2cccc(CN[C@H]3CCCc4ccccc43)c2)cc1. The maximum Gasteiger partial charge on any atom is 0.127 e. The van der Waals surface area contributed by atoms with Gasteiger partial charge in [-0.3, -0.25) is 0 Å². The lowest BCUT2D eigenvalue weighted by Gasteiger charge is -2.26. The van der Waals surface area contributed by atoms with Crippen molar-refractivity contribution >= 4 is 11.6 Å². The van der Waals surface area contributed by atoms with Crippen molar-refractivity contribution in [3.8, 4) is 11.5 Å². The van der Waals surface area contributed by atoms with Gasteiger partial charge in [0.2, 0.25) is 0 Å². The third-order valence-electron chi connectivity index (χ3n) is 4.87. The van der Waals surface area contributed by atoms with Gasteiger partial charge < -0.3 is 10.1 Å². The van der Waals surface area contributed by atoms with Crippen LogP contribution in [0.3, 0.4) is 0 Å². The average molecular weight is 364 g/mol. The molecule has 0 saturated heterocycles. The van der Waals surface area contributed by atoms with Gasteiger partial charge in [-0.05, 0) is 72.4 Å². The number of fused-ring (bicyclic) bond motifs is 1. The smallest absolute Gasteiger partial charge is 0.127 e.